The molecular weight excluding hydrogens is 273 g/mol. The molecule has 0 saturated heterocycles. The second-order valence-corrected chi connectivity index (χ2v) is 4.66. The molecule has 0 atom stereocenters. The summed E-state index contributed by atoms with van der Waals surface area (Å²) in [6.45, 7) is 1.70. The molecule has 0 aliphatic carbocycles. The molecule has 0 amide bonds. The summed E-state index contributed by atoms with van der Waals surface area (Å²) in [5, 5.41) is 10.0. The third kappa shape index (κ3) is 2.47. The van der Waals surface area contributed by atoms with E-state index in [1.54, 1.807) is 25.1 Å². The van der Waals surface area contributed by atoms with E-state index in [2.05, 4.69) is 4.98 Å². The minimum atomic E-state index is -0.985. The molecule has 3 nitrogen and oxygen atoms in total. The van der Waals surface area contributed by atoms with Gasteiger partial charge in [-0.25, -0.2) is 4.79 Å². The van der Waals surface area contributed by atoms with Crippen molar-refractivity contribution >= 4 is 29.2 Å². The van der Waals surface area contributed by atoms with Crippen LogP contribution in [0, 0.1) is 6.92 Å². The Balaban J connectivity index is 2.58. The Kier molecular flexibility index (Phi) is 3.55. The molecule has 92 valence electrons. The first kappa shape index (κ1) is 12.9. The molecule has 1 aromatic carbocycles. The van der Waals surface area contributed by atoms with E-state index in [4.69, 9.17) is 28.3 Å². The van der Waals surface area contributed by atoms with Crippen LogP contribution in [0.25, 0.3) is 11.3 Å². The lowest BCUT2D eigenvalue weighted by Crippen LogP contribution is -2.01. The standard InChI is InChI=1S/C13H9Cl2NO2/c1-7-6-16-12(5-10(7)13(17)18)9-3-2-8(14)4-11(9)15/h2-6H,1H3,(H,17,18). The number of aromatic nitrogens is 1. The van der Waals surface area contributed by atoms with E-state index < -0.39 is 5.97 Å². The van der Waals surface area contributed by atoms with Crippen LogP contribution in [-0.4, -0.2) is 16.1 Å². The fourth-order valence-corrected chi connectivity index (χ4v) is 2.10. The van der Waals surface area contributed by atoms with Crippen molar-refractivity contribution in [2.75, 3.05) is 0 Å². The molecule has 0 spiro atoms. The Morgan fingerprint density at radius 1 is 1.28 bits per heavy atom. The van der Waals surface area contributed by atoms with Gasteiger partial charge in [-0.2, -0.15) is 0 Å². The molecule has 18 heavy (non-hydrogen) atoms. The number of carbonyl (C=O) groups is 1. The molecule has 0 fully saturated rings. The van der Waals surface area contributed by atoms with E-state index in [1.807, 2.05) is 0 Å². The molecule has 5 heteroatoms. The third-order valence-electron chi connectivity index (χ3n) is 2.54. The monoisotopic (exact) mass is 281 g/mol. The molecular formula is C13H9Cl2NO2. The van der Waals surface area contributed by atoms with E-state index in [1.165, 1.54) is 12.3 Å². The Hall–Kier alpha value is -1.58. The van der Waals surface area contributed by atoms with Crippen LogP contribution >= 0.6 is 23.2 Å². The highest BCUT2D eigenvalue weighted by molar-refractivity contribution is 6.36. The molecule has 0 bridgehead atoms. The molecule has 0 aliphatic heterocycles. The fourth-order valence-electron chi connectivity index (χ4n) is 1.60. The number of carboxylic acids is 1. The highest BCUT2D eigenvalue weighted by Gasteiger charge is 2.12. The van der Waals surface area contributed by atoms with Gasteiger partial charge in [-0.1, -0.05) is 23.2 Å². The second kappa shape index (κ2) is 4.96. The number of pyridine rings is 1. The number of hydrogen-bond acceptors (Lipinski definition) is 2. The summed E-state index contributed by atoms with van der Waals surface area (Å²) in [5.74, 6) is -0.985. The number of hydrogen-bond donors (Lipinski definition) is 1. The largest absolute Gasteiger partial charge is 0.478 e. The topological polar surface area (TPSA) is 50.2 Å². The van der Waals surface area contributed by atoms with Crippen molar-refractivity contribution in [2.24, 2.45) is 0 Å². The van der Waals surface area contributed by atoms with E-state index >= 15 is 0 Å². The first-order valence-corrected chi connectivity index (χ1v) is 5.90. The maximum atomic E-state index is 11.1. The number of halogens is 2. The maximum Gasteiger partial charge on any atom is 0.336 e. The Bertz CT molecular complexity index is 626. The summed E-state index contributed by atoms with van der Waals surface area (Å²) in [6.07, 6.45) is 1.52. The van der Waals surface area contributed by atoms with Crippen molar-refractivity contribution in [3.63, 3.8) is 0 Å². The summed E-state index contributed by atoms with van der Waals surface area (Å²) < 4.78 is 0. The van der Waals surface area contributed by atoms with Crippen molar-refractivity contribution in [2.45, 2.75) is 6.92 Å². The molecule has 0 aliphatic rings. The van der Waals surface area contributed by atoms with Gasteiger partial charge in [0.05, 0.1) is 16.3 Å². The molecule has 0 radical (unpaired) electrons. The van der Waals surface area contributed by atoms with Gasteiger partial charge in [0.15, 0.2) is 0 Å². The quantitative estimate of drug-likeness (QED) is 0.903. The van der Waals surface area contributed by atoms with Crippen LogP contribution in [0.4, 0.5) is 0 Å². The predicted molar refractivity (Wildman–Crippen MR) is 71.4 cm³/mol. The maximum absolute atomic E-state index is 11.1. The lowest BCUT2D eigenvalue weighted by Gasteiger charge is -2.07. The zero-order valence-corrected chi connectivity index (χ0v) is 11.0. The van der Waals surface area contributed by atoms with Gasteiger partial charge in [0.2, 0.25) is 0 Å². The molecule has 1 N–H and O–H groups in total. The summed E-state index contributed by atoms with van der Waals surface area (Å²) >= 11 is 11.9. The molecule has 2 rings (SSSR count). The van der Waals surface area contributed by atoms with Crippen LogP contribution in [0.15, 0.2) is 30.5 Å². The van der Waals surface area contributed by atoms with Crippen LogP contribution in [0.5, 0.6) is 0 Å². The lowest BCUT2D eigenvalue weighted by atomic mass is 10.1. The first-order valence-electron chi connectivity index (χ1n) is 5.14. The summed E-state index contributed by atoms with van der Waals surface area (Å²) in [4.78, 5) is 15.3. The van der Waals surface area contributed by atoms with E-state index in [0.29, 0.717) is 26.9 Å². The van der Waals surface area contributed by atoms with Gasteiger partial charge in [0, 0.05) is 16.8 Å². The van der Waals surface area contributed by atoms with Crippen LogP contribution in [-0.2, 0) is 0 Å². The van der Waals surface area contributed by atoms with Gasteiger partial charge in [-0.15, -0.1) is 0 Å². The summed E-state index contributed by atoms with van der Waals surface area (Å²) in [5.41, 5.74) is 1.99. The average molecular weight is 282 g/mol. The van der Waals surface area contributed by atoms with Crippen LogP contribution < -0.4 is 0 Å². The van der Waals surface area contributed by atoms with E-state index in [0.717, 1.165) is 0 Å². The molecule has 0 unspecified atom stereocenters. The normalized spacial score (nSPS) is 10.4. The van der Waals surface area contributed by atoms with Crippen LogP contribution in [0.2, 0.25) is 10.0 Å². The Labute approximate surface area is 114 Å². The lowest BCUT2D eigenvalue weighted by molar-refractivity contribution is 0.0696. The summed E-state index contributed by atoms with van der Waals surface area (Å²) in [6, 6.07) is 6.51. The van der Waals surface area contributed by atoms with Gasteiger partial charge in [0.25, 0.3) is 0 Å². The SMILES string of the molecule is Cc1cnc(-c2ccc(Cl)cc2Cl)cc1C(=O)O. The smallest absolute Gasteiger partial charge is 0.336 e. The van der Waals surface area contributed by atoms with Gasteiger partial charge < -0.3 is 5.11 Å². The number of rotatable bonds is 2. The number of aryl methyl sites for hydroxylation is 1. The van der Waals surface area contributed by atoms with Crippen LogP contribution in [0.1, 0.15) is 15.9 Å². The van der Waals surface area contributed by atoms with Crippen molar-refractivity contribution in [1.82, 2.24) is 4.98 Å². The average Bonchev–Trinajstić information content (AvgIpc) is 2.30. The zero-order valence-electron chi connectivity index (χ0n) is 9.45. The van der Waals surface area contributed by atoms with Gasteiger partial charge in [0.1, 0.15) is 0 Å². The number of nitrogens with zero attached hydrogens (tertiary/aromatic N) is 1. The Morgan fingerprint density at radius 3 is 2.61 bits per heavy atom. The minimum absolute atomic E-state index is 0.214. The first-order chi connectivity index (χ1) is 8.49. The number of carboxylic acid groups (broad SMARTS) is 1. The van der Waals surface area contributed by atoms with E-state index in [9.17, 15) is 4.79 Å². The van der Waals surface area contributed by atoms with Crippen molar-refractivity contribution in [1.29, 1.82) is 0 Å². The number of benzene rings is 1. The van der Waals surface area contributed by atoms with Gasteiger partial charge >= 0.3 is 5.97 Å². The zero-order chi connectivity index (χ0) is 13.3. The van der Waals surface area contributed by atoms with Crippen LogP contribution in [0.3, 0.4) is 0 Å². The highest BCUT2D eigenvalue weighted by Crippen LogP contribution is 2.29. The van der Waals surface area contributed by atoms with Crippen molar-refractivity contribution < 1.29 is 9.90 Å². The predicted octanol–water partition coefficient (Wildman–Crippen LogP) is 4.06. The fraction of sp³-hybridized carbons (Fsp3) is 0.0769. The molecule has 2 aromatic rings. The molecule has 1 heterocycles. The molecule has 0 saturated carbocycles. The third-order valence-corrected chi connectivity index (χ3v) is 3.09. The van der Waals surface area contributed by atoms with Crippen molar-refractivity contribution in [3.8, 4) is 11.3 Å². The second-order valence-electron chi connectivity index (χ2n) is 3.81. The van der Waals surface area contributed by atoms with E-state index in [-0.39, 0.29) is 5.56 Å². The summed E-state index contributed by atoms with van der Waals surface area (Å²) in [7, 11) is 0. The van der Waals surface area contributed by atoms with Gasteiger partial charge in [-0.05, 0) is 36.8 Å². The molecule has 1 aromatic heterocycles. The highest BCUT2D eigenvalue weighted by atomic mass is 35.5. The Morgan fingerprint density at radius 2 is 2.00 bits per heavy atom. The number of aromatic carboxylic acids is 1. The van der Waals surface area contributed by atoms with Gasteiger partial charge in [-0.3, -0.25) is 4.98 Å². The van der Waals surface area contributed by atoms with Crippen molar-refractivity contribution in [3.05, 3.63) is 51.6 Å². The minimum Gasteiger partial charge on any atom is -0.478 e.